The molecule has 0 saturated carbocycles. The lowest BCUT2D eigenvalue weighted by Gasteiger charge is -2.32. The van der Waals surface area contributed by atoms with Crippen LogP contribution in [-0.4, -0.2) is 43.0 Å². The number of halogens is 1. The first-order chi connectivity index (χ1) is 19.5. The molecule has 0 atom stereocenters. The van der Waals surface area contributed by atoms with E-state index in [1.165, 1.54) is 12.1 Å². The summed E-state index contributed by atoms with van der Waals surface area (Å²) in [5, 5.41) is 2.10. The first-order valence-electron chi connectivity index (χ1n) is 13.9. The Labute approximate surface area is 239 Å². The Hall–Kier alpha value is -3.93. The monoisotopic (exact) mass is 569 g/mol. The minimum atomic E-state index is -4.88. The predicted octanol–water partition coefficient (Wildman–Crippen LogP) is 6.41. The summed E-state index contributed by atoms with van der Waals surface area (Å²) >= 11 is 0. The number of hydrogen-bond donors (Lipinski definition) is 1. The third-order valence-electron chi connectivity index (χ3n) is 8.25. The molecule has 1 N–H and O–H groups in total. The molecule has 1 fully saturated rings. The lowest BCUT2D eigenvalue weighted by molar-refractivity contribution is 0.226. The molecule has 3 heterocycles. The zero-order valence-corrected chi connectivity index (χ0v) is 24.2. The van der Waals surface area contributed by atoms with Gasteiger partial charge in [-0.2, -0.15) is 8.42 Å². The average Bonchev–Trinajstić information content (AvgIpc) is 3.32. The van der Waals surface area contributed by atoms with E-state index >= 15 is 0 Å². The van der Waals surface area contributed by atoms with Gasteiger partial charge in [-0.15, -0.1) is 10.3 Å². The van der Waals surface area contributed by atoms with Crippen LogP contribution in [0.1, 0.15) is 43.9 Å². The number of piperidine rings is 1. The van der Waals surface area contributed by atoms with Gasteiger partial charge in [0.1, 0.15) is 5.65 Å². The first kappa shape index (κ1) is 27.3. The van der Waals surface area contributed by atoms with Crippen molar-refractivity contribution in [3.05, 3.63) is 75.9 Å². The number of aromatic nitrogens is 2. The second kappa shape index (κ2) is 10.2. The first-order valence-corrected chi connectivity index (χ1v) is 15.3. The normalized spacial score (nSPS) is 15.3. The number of terminal acetylenes is 1. The van der Waals surface area contributed by atoms with E-state index in [-0.39, 0.29) is 22.3 Å². The number of nitrogens with one attached hydrogen (secondary N) is 1. The summed E-state index contributed by atoms with van der Waals surface area (Å²) < 4.78 is 39.8. The molecule has 41 heavy (non-hydrogen) atoms. The van der Waals surface area contributed by atoms with E-state index in [0.29, 0.717) is 22.8 Å². The maximum absolute atomic E-state index is 14.3. The van der Waals surface area contributed by atoms with Crippen molar-refractivity contribution < 1.29 is 12.3 Å². The average molecular weight is 570 g/mol. The van der Waals surface area contributed by atoms with Crippen molar-refractivity contribution in [2.24, 2.45) is 5.92 Å². The molecule has 210 valence electrons. The lowest BCUT2D eigenvalue weighted by Crippen LogP contribution is -2.32. The van der Waals surface area contributed by atoms with Crippen LogP contribution in [0.4, 0.5) is 3.89 Å². The highest BCUT2D eigenvalue weighted by atomic mass is 32.3. The summed E-state index contributed by atoms with van der Waals surface area (Å²) in [6.07, 6.45) is 8.16. The van der Waals surface area contributed by atoms with E-state index in [1.54, 1.807) is 12.1 Å². The topological polar surface area (TPSA) is 75.2 Å². The molecular weight excluding hydrogens is 537 g/mol. The Kier molecular flexibility index (Phi) is 6.75. The quantitative estimate of drug-likeness (QED) is 0.196. The highest BCUT2D eigenvalue weighted by molar-refractivity contribution is 7.86. The van der Waals surface area contributed by atoms with Crippen molar-refractivity contribution in [1.29, 1.82) is 0 Å². The minimum absolute atomic E-state index is 0.0597. The van der Waals surface area contributed by atoms with Gasteiger partial charge in [-0.05, 0) is 98.4 Å². The van der Waals surface area contributed by atoms with Crippen molar-refractivity contribution in [1.82, 2.24) is 14.5 Å². The molecular formula is C33H32FN3O3S. The van der Waals surface area contributed by atoms with Gasteiger partial charge in [-0.25, -0.2) is 0 Å². The van der Waals surface area contributed by atoms with Crippen molar-refractivity contribution in [3.8, 4) is 23.5 Å². The van der Waals surface area contributed by atoms with E-state index in [4.69, 9.17) is 6.42 Å². The molecule has 0 aliphatic carbocycles. The predicted molar refractivity (Wildman–Crippen MR) is 164 cm³/mol. The summed E-state index contributed by atoms with van der Waals surface area (Å²) in [4.78, 5) is 19.7. The minimum Gasteiger partial charge on any atom is -0.340 e. The number of hydrogen-bond acceptors (Lipinski definition) is 4. The zero-order valence-electron chi connectivity index (χ0n) is 23.4. The van der Waals surface area contributed by atoms with Crippen LogP contribution in [0, 0.1) is 18.3 Å². The zero-order chi connectivity index (χ0) is 29.1. The molecule has 0 radical (unpaired) electrons. The summed E-state index contributed by atoms with van der Waals surface area (Å²) in [6, 6.07) is 15.8. The van der Waals surface area contributed by atoms with Crippen molar-refractivity contribution in [2.45, 2.75) is 44.0 Å². The Bertz CT molecular complexity index is 2040. The fraction of sp³-hybridized carbons (Fsp3) is 0.303. The van der Waals surface area contributed by atoms with Crippen LogP contribution in [-0.2, 0) is 16.6 Å². The van der Waals surface area contributed by atoms with Crippen molar-refractivity contribution in [2.75, 3.05) is 20.1 Å². The van der Waals surface area contributed by atoms with Crippen LogP contribution in [0.25, 0.3) is 44.0 Å². The van der Waals surface area contributed by atoms with Gasteiger partial charge in [-0.3, -0.25) is 4.79 Å². The lowest BCUT2D eigenvalue weighted by atomic mass is 9.91. The molecule has 0 unspecified atom stereocenters. The van der Waals surface area contributed by atoms with Gasteiger partial charge >= 0.3 is 10.2 Å². The Morgan fingerprint density at radius 2 is 1.83 bits per heavy atom. The third kappa shape index (κ3) is 4.83. The summed E-state index contributed by atoms with van der Waals surface area (Å²) in [7, 11) is -2.76. The second-order valence-corrected chi connectivity index (χ2v) is 12.9. The van der Waals surface area contributed by atoms with Gasteiger partial charge in [0.2, 0.25) is 0 Å². The van der Waals surface area contributed by atoms with E-state index in [2.05, 4.69) is 41.3 Å². The molecule has 1 saturated heterocycles. The van der Waals surface area contributed by atoms with Gasteiger partial charge in [0.05, 0.1) is 15.8 Å². The SMILES string of the molecule is C#Cc1ccc2c(c1)[nH]c1c2c(=O)c2cc(CC(C)C)c(-c3cccc(S(=O)(=O)F)c3)cc2n1C1CCN(C)CC1. The highest BCUT2D eigenvalue weighted by Crippen LogP contribution is 2.37. The van der Waals surface area contributed by atoms with Crippen LogP contribution in [0.5, 0.6) is 0 Å². The molecule has 1 aliphatic heterocycles. The molecule has 0 bridgehead atoms. The van der Waals surface area contributed by atoms with E-state index in [0.717, 1.165) is 64.7 Å². The molecule has 1 aliphatic rings. The molecule has 5 aromatic rings. The Balaban J connectivity index is 1.74. The maximum Gasteiger partial charge on any atom is 0.332 e. The van der Waals surface area contributed by atoms with Crippen LogP contribution < -0.4 is 5.43 Å². The highest BCUT2D eigenvalue weighted by Gasteiger charge is 2.26. The number of benzene rings is 3. The molecule has 2 aromatic heterocycles. The Morgan fingerprint density at radius 3 is 2.51 bits per heavy atom. The van der Waals surface area contributed by atoms with E-state index in [9.17, 15) is 17.1 Å². The molecule has 0 spiro atoms. The molecule has 8 heteroatoms. The molecule has 0 amide bonds. The summed E-state index contributed by atoms with van der Waals surface area (Å²) in [5.41, 5.74) is 5.32. The fourth-order valence-corrected chi connectivity index (χ4v) is 6.79. The van der Waals surface area contributed by atoms with Crippen LogP contribution >= 0.6 is 0 Å². The van der Waals surface area contributed by atoms with E-state index < -0.39 is 10.2 Å². The van der Waals surface area contributed by atoms with Crippen molar-refractivity contribution >= 4 is 43.1 Å². The van der Waals surface area contributed by atoms with E-state index in [1.807, 2.05) is 30.3 Å². The van der Waals surface area contributed by atoms with Crippen LogP contribution in [0.15, 0.2) is 64.3 Å². The third-order valence-corrected chi connectivity index (χ3v) is 9.06. The molecule has 6 nitrogen and oxygen atoms in total. The second-order valence-electron chi connectivity index (χ2n) is 11.6. The van der Waals surface area contributed by atoms with Gasteiger partial charge in [-0.1, -0.05) is 38.0 Å². The maximum atomic E-state index is 14.3. The number of nitrogens with zero attached hydrogens (tertiary/aromatic N) is 2. The number of aromatic amines is 1. The number of likely N-dealkylation sites (tertiary alicyclic amines) is 1. The summed E-state index contributed by atoms with van der Waals surface area (Å²) in [6.45, 7) is 6.05. The standard InChI is InChI=1S/C33H32FN3O3S/c1-5-21-9-10-26-29(16-21)35-33-31(26)32(38)28-18-23(15-20(2)3)27(22-7-6-8-25(17-22)41(34,39)40)19-30(28)37(33)24-11-13-36(4)14-12-24/h1,6-10,16-20,24,35H,11-15H2,2-4H3. The van der Waals surface area contributed by atoms with Gasteiger partial charge in [0, 0.05) is 27.9 Å². The van der Waals surface area contributed by atoms with Gasteiger partial charge in [0.15, 0.2) is 5.43 Å². The molecule has 3 aromatic carbocycles. The number of H-pyrrole nitrogens is 1. The summed E-state index contributed by atoms with van der Waals surface area (Å²) in [5.74, 6) is 2.95. The number of pyridine rings is 1. The number of fused-ring (bicyclic) bond motifs is 4. The van der Waals surface area contributed by atoms with Gasteiger partial charge in [0.25, 0.3) is 0 Å². The number of rotatable bonds is 5. The smallest absolute Gasteiger partial charge is 0.332 e. The van der Waals surface area contributed by atoms with Crippen molar-refractivity contribution in [3.63, 3.8) is 0 Å². The molecule has 6 rings (SSSR count). The van der Waals surface area contributed by atoms with Crippen LogP contribution in [0.3, 0.4) is 0 Å². The van der Waals surface area contributed by atoms with Gasteiger partial charge < -0.3 is 14.5 Å². The Morgan fingerprint density at radius 1 is 1.07 bits per heavy atom. The fourth-order valence-electron chi connectivity index (χ4n) is 6.28. The van der Waals surface area contributed by atoms with Crippen LogP contribution in [0.2, 0.25) is 0 Å². The largest absolute Gasteiger partial charge is 0.340 e.